The van der Waals surface area contributed by atoms with Crippen LogP contribution in [0.25, 0.3) is 0 Å². The number of carbonyl (C=O) groups is 1. The Morgan fingerprint density at radius 1 is 1.44 bits per heavy atom. The van der Waals surface area contributed by atoms with Crippen molar-refractivity contribution < 1.29 is 9.53 Å². The summed E-state index contributed by atoms with van der Waals surface area (Å²) in [5.74, 6) is 0.132. The number of nitrogens with zero attached hydrogens (tertiary/aromatic N) is 1. The van der Waals surface area contributed by atoms with E-state index in [-0.39, 0.29) is 17.6 Å². The zero-order chi connectivity index (χ0) is 13.6. The van der Waals surface area contributed by atoms with E-state index in [1.807, 2.05) is 13.8 Å². The summed E-state index contributed by atoms with van der Waals surface area (Å²) in [6.45, 7) is 7.27. The molecule has 0 saturated carbocycles. The van der Waals surface area contributed by atoms with E-state index < -0.39 is 0 Å². The molecule has 1 fully saturated rings. The summed E-state index contributed by atoms with van der Waals surface area (Å²) in [5.41, 5.74) is 5.62. The number of nitrogens with one attached hydrogen (secondary N) is 1. The normalized spacial score (nSPS) is 20.1. The summed E-state index contributed by atoms with van der Waals surface area (Å²) >= 11 is 0. The molecule has 0 aromatic carbocycles. The smallest absolute Gasteiger partial charge is 0.221 e. The second kappa shape index (κ2) is 7.07. The monoisotopic (exact) mass is 257 g/mol. The van der Waals surface area contributed by atoms with Gasteiger partial charge in [0.15, 0.2) is 0 Å². The first-order valence-electron chi connectivity index (χ1n) is 6.78. The molecule has 0 aromatic heterocycles. The molecule has 3 N–H and O–H groups in total. The fourth-order valence-electron chi connectivity index (χ4n) is 2.33. The first-order chi connectivity index (χ1) is 8.51. The lowest BCUT2D eigenvalue weighted by Gasteiger charge is -2.40. The van der Waals surface area contributed by atoms with Crippen molar-refractivity contribution in [2.75, 3.05) is 33.3 Å². The standard InChI is InChI=1S/C13H27N3O2/c1-11(2)15-12(17)4-7-16-8-5-13(10-14,18-3)6-9-16/h11H,4-10,14H2,1-3H3,(H,15,17). The minimum atomic E-state index is -0.142. The third-order valence-corrected chi connectivity index (χ3v) is 3.68. The first-order valence-corrected chi connectivity index (χ1v) is 6.78. The Balaban J connectivity index is 2.25. The Kier molecular flexibility index (Phi) is 6.05. The van der Waals surface area contributed by atoms with Gasteiger partial charge in [-0.3, -0.25) is 4.79 Å². The highest BCUT2D eigenvalue weighted by Gasteiger charge is 2.33. The predicted molar refractivity (Wildman–Crippen MR) is 72.4 cm³/mol. The third-order valence-electron chi connectivity index (χ3n) is 3.68. The van der Waals surface area contributed by atoms with Gasteiger partial charge in [-0.2, -0.15) is 0 Å². The molecule has 0 spiro atoms. The number of ether oxygens (including phenoxy) is 1. The molecule has 0 bridgehead atoms. The molecule has 0 radical (unpaired) electrons. The molecule has 1 heterocycles. The quantitative estimate of drug-likeness (QED) is 0.720. The van der Waals surface area contributed by atoms with Crippen molar-refractivity contribution in [2.24, 2.45) is 5.73 Å². The van der Waals surface area contributed by atoms with Crippen molar-refractivity contribution in [3.05, 3.63) is 0 Å². The maximum absolute atomic E-state index is 11.6. The van der Waals surface area contributed by atoms with E-state index >= 15 is 0 Å². The van der Waals surface area contributed by atoms with Gasteiger partial charge < -0.3 is 20.7 Å². The largest absolute Gasteiger partial charge is 0.377 e. The number of piperidine rings is 1. The maximum atomic E-state index is 11.6. The van der Waals surface area contributed by atoms with Crippen LogP contribution in [0.15, 0.2) is 0 Å². The lowest BCUT2D eigenvalue weighted by atomic mass is 9.91. The highest BCUT2D eigenvalue weighted by atomic mass is 16.5. The van der Waals surface area contributed by atoms with Gasteiger partial charge in [-0.1, -0.05) is 0 Å². The highest BCUT2D eigenvalue weighted by molar-refractivity contribution is 5.76. The van der Waals surface area contributed by atoms with Gasteiger partial charge in [-0.15, -0.1) is 0 Å². The van der Waals surface area contributed by atoms with Gasteiger partial charge >= 0.3 is 0 Å². The summed E-state index contributed by atoms with van der Waals surface area (Å²) in [6.07, 6.45) is 2.47. The van der Waals surface area contributed by atoms with Crippen LogP contribution < -0.4 is 11.1 Å². The Morgan fingerprint density at radius 2 is 2.06 bits per heavy atom. The summed E-state index contributed by atoms with van der Waals surface area (Å²) in [4.78, 5) is 13.9. The average Bonchev–Trinajstić information content (AvgIpc) is 2.36. The van der Waals surface area contributed by atoms with Crippen molar-refractivity contribution >= 4 is 5.91 Å². The van der Waals surface area contributed by atoms with Crippen LogP contribution in [0.3, 0.4) is 0 Å². The van der Waals surface area contributed by atoms with E-state index in [2.05, 4.69) is 10.2 Å². The number of likely N-dealkylation sites (tertiary alicyclic amines) is 1. The Labute approximate surface area is 110 Å². The molecule has 1 rings (SSSR count). The fourth-order valence-corrected chi connectivity index (χ4v) is 2.33. The van der Waals surface area contributed by atoms with Crippen molar-refractivity contribution in [2.45, 2.75) is 44.8 Å². The highest BCUT2D eigenvalue weighted by Crippen LogP contribution is 2.24. The van der Waals surface area contributed by atoms with Crippen LogP contribution >= 0.6 is 0 Å². The molecule has 1 amide bonds. The molecular weight excluding hydrogens is 230 g/mol. The molecule has 106 valence electrons. The number of rotatable bonds is 6. The SMILES string of the molecule is COC1(CN)CCN(CCC(=O)NC(C)C)CC1. The van der Waals surface area contributed by atoms with E-state index in [9.17, 15) is 4.79 Å². The number of hydrogen-bond acceptors (Lipinski definition) is 4. The Morgan fingerprint density at radius 3 is 2.50 bits per heavy atom. The van der Waals surface area contributed by atoms with Gasteiger partial charge in [-0.25, -0.2) is 0 Å². The van der Waals surface area contributed by atoms with Gasteiger partial charge in [0.05, 0.1) is 5.60 Å². The molecule has 1 aliphatic heterocycles. The topological polar surface area (TPSA) is 67.6 Å². The predicted octanol–water partition coefficient (Wildman–Crippen LogP) is 0.341. The number of carbonyl (C=O) groups excluding carboxylic acids is 1. The van der Waals surface area contributed by atoms with E-state index in [0.717, 1.165) is 32.5 Å². The van der Waals surface area contributed by atoms with Gasteiger partial charge in [0, 0.05) is 45.8 Å². The van der Waals surface area contributed by atoms with Crippen LogP contribution in [0.5, 0.6) is 0 Å². The number of methoxy groups -OCH3 is 1. The van der Waals surface area contributed by atoms with E-state index in [0.29, 0.717) is 13.0 Å². The Hall–Kier alpha value is -0.650. The fraction of sp³-hybridized carbons (Fsp3) is 0.923. The lowest BCUT2D eigenvalue weighted by molar-refractivity contribution is -0.122. The van der Waals surface area contributed by atoms with Crippen molar-refractivity contribution in [3.63, 3.8) is 0 Å². The molecule has 5 heteroatoms. The van der Waals surface area contributed by atoms with Gasteiger partial charge in [0.1, 0.15) is 0 Å². The third kappa shape index (κ3) is 4.55. The maximum Gasteiger partial charge on any atom is 0.221 e. The van der Waals surface area contributed by atoms with E-state index in [1.165, 1.54) is 0 Å². The second-order valence-electron chi connectivity index (χ2n) is 5.41. The molecule has 0 aliphatic carbocycles. The molecular formula is C13H27N3O2. The van der Waals surface area contributed by atoms with Crippen LogP contribution in [0.1, 0.15) is 33.1 Å². The molecule has 0 aromatic rings. The summed E-state index contributed by atoms with van der Waals surface area (Å²) < 4.78 is 5.52. The average molecular weight is 257 g/mol. The lowest BCUT2D eigenvalue weighted by Crippen LogP contribution is -2.50. The zero-order valence-electron chi connectivity index (χ0n) is 11.9. The van der Waals surface area contributed by atoms with Crippen molar-refractivity contribution in [1.29, 1.82) is 0 Å². The van der Waals surface area contributed by atoms with Crippen LogP contribution in [0.2, 0.25) is 0 Å². The van der Waals surface area contributed by atoms with Crippen LogP contribution in [0, 0.1) is 0 Å². The molecule has 18 heavy (non-hydrogen) atoms. The van der Waals surface area contributed by atoms with Gasteiger partial charge in [-0.05, 0) is 26.7 Å². The molecule has 1 saturated heterocycles. The number of nitrogens with two attached hydrogens (primary N) is 1. The minimum Gasteiger partial charge on any atom is -0.377 e. The van der Waals surface area contributed by atoms with E-state index in [1.54, 1.807) is 7.11 Å². The van der Waals surface area contributed by atoms with Crippen molar-refractivity contribution in [1.82, 2.24) is 10.2 Å². The summed E-state index contributed by atoms with van der Waals surface area (Å²) in [6, 6.07) is 0.220. The summed E-state index contributed by atoms with van der Waals surface area (Å²) in [7, 11) is 1.73. The summed E-state index contributed by atoms with van der Waals surface area (Å²) in [5, 5.41) is 2.91. The van der Waals surface area contributed by atoms with Crippen LogP contribution in [-0.4, -0.2) is 55.7 Å². The van der Waals surface area contributed by atoms with Crippen LogP contribution in [-0.2, 0) is 9.53 Å². The molecule has 0 unspecified atom stereocenters. The molecule has 0 atom stereocenters. The van der Waals surface area contributed by atoms with Gasteiger partial charge in [0.25, 0.3) is 0 Å². The van der Waals surface area contributed by atoms with Crippen LogP contribution in [0.4, 0.5) is 0 Å². The second-order valence-corrected chi connectivity index (χ2v) is 5.41. The van der Waals surface area contributed by atoms with Crippen molar-refractivity contribution in [3.8, 4) is 0 Å². The number of hydrogen-bond donors (Lipinski definition) is 2. The molecule has 1 aliphatic rings. The first kappa shape index (κ1) is 15.4. The zero-order valence-corrected chi connectivity index (χ0v) is 11.9. The van der Waals surface area contributed by atoms with Gasteiger partial charge in [0.2, 0.25) is 5.91 Å². The van der Waals surface area contributed by atoms with E-state index in [4.69, 9.17) is 10.5 Å². The Bertz CT molecular complexity index is 255. The molecule has 5 nitrogen and oxygen atoms in total. The number of amides is 1. The minimum absolute atomic E-state index is 0.132.